The van der Waals surface area contributed by atoms with Crippen molar-refractivity contribution in [2.75, 3.05) is 0 Å². The molecule has 0 radical (unpaired) electrons. The fourth-order valence-corrected chi connectivity index (χ4v) is 1.89. The van der Waals surface area contributed by atoms with Crippen LogP contribution in [0, 0.1) is 6.92 Å². The van der Waals surface area contributed by atoms with Crippen LogP contribution in [0.5, 0.6) is 0 Å². The van der Waals surface area contributed by atoms with Crippen molar-refractivity contribution < 1.29 is 14.3 Å². The van der Waals surface area contributed by atoms with Gasteiger partial charge in [0.05, 0.1) is 0 Å². The van der Waals surface area contributed by atoms with E-state index in [2.05, 4.69) is 19.9 Å². The minimum absolute atomic E-state index is 0.222. The molecular weight excluding hydrogens is 228 g/mol. The van der Waals surface area contributed by atoms with Gasteiger partial charge in [-0.2, -0.15) is 0 Å². The minimum atomic E-state index is -0.956. The van der Waals surface area contributed by atoms with E-state index in [1.807, 2.05) is 18.2 Å². The van der Waals surface area contributed by atoms with Gasteiger partial charge in [-0.25, -0.2) is 4.79 Å². The second kappa shape index (κ2) is 4.69. The Morgan fingerprint density at radius 1 is 1.28 bits per heavy atom. The molecule has 0 aliphatic rings. The second-order valence-electron chi connectivity index (χ2n) is 4.67. The average molecular weight is 244 g/mol. The highest BCUT2D eigenvalue weighted by Gasteiger charge is 2.15. The summed E-state index contributed by atoms with van der Waals surface area (Å²) in [5, 5.41) is 9.01. The molecule has 2 aromatic rings. The van der Waals surface area contributed by atoms with E-state index in [9.17, 15) is 4.79 Å². The maximum absolute atomic E-state index is 11.0. The fourth-order valence-electron chi connectivity index (χ4n) is 1.89. The van der Waals surface area contributed by atoms with Crippen molar-refractivity contribution in [2.24, 2.45) is 0 Å². The van der Waals surface area contributed by atoms with Gasteiger partial charge in [-0.05, 0) is 30.5 Å². The third-order valence-corrected chi connectivity index (χ3v) is 2.99. The van der Waals surface area contributed by atoms with Crippen molar-refractivity contribution in [2.45, 2.75) is 26.7 Å². The van der Waals surface area contributed by atoms with Crippen LogP contribution in [0.25, 0.3) is 11.3 Å². The zero-order valence-corrected chi connectivity index (χ0v) is 10.7. The molecule has 0 aliphatic heterocycles. The summed E-state index contributed by atoms with van der Waals surface area (Å²) in [6, 6.07) is 9.56. The lowest BCUT2D eigenvalue weighted by molar-refractivity contribution is 0.0695. The molecule has 0 unspecified atom stereocenters. The SMILES string of the molecule is Cc1oc(-c2cccc(C(C)C)c2)cc1C(=O)O. The molecule has 1 N–H and O–H groups in total. The van der Waals surface area contributed by atoms with E-state index in [4.69, 9.17) is 9.52 Å². The molecule has 0 aliphatic carbocycles. The normalized spacial score (nSPS) is 10.9. The smallest absolute Gasteiger partial charge is 0.339 e. The average Bonchev–Trinajstić information content (AvgIpc) is 2.71. The first kappa shape index (κ1) is 12.4. The number of benzene rings is 1. The Morgan fingerprint density at radius 3 is 2.56 bits per heavy atom. The first-order chi connectivity index (χ1) is 8.49. The monoisotopic (exact) mass is 244 g/mol. The minimum Gasteiger partial charge on any atom is -0.478 e. The lowest BCUT2D eigenvalue weighted by atomic mass is 10.00. The number of aryl methyl sites for hydroxylation is 1. The van der Waals surface area contributed by atoms with Gasteiger partial charge in [0.15, 0.2) is 0 Å². The van der Waals surface area contributed by atoms with Gasteiger partial charge in [-0.15, -0.1) is 0 Å². The molecule has 3 nitrogen and oxygen atoms in total. The van der Waals surface area contributed by atoms with Gasteiger partial charge in [-0.3, -0.25) is 0 Å². The molecule has 1 aromatic carbocycles. The van der Waals surface area contributed by atoms with Crippen LogP contribution >= 0.6 is 0 Å². The molecule has 94 valence electrons. The van der Waals surface area contributed by atoms with E-state index >= 15 is 0 Å². The predicted molar refractivity (Wildman–Crippen MR) is 69.9 cm³/mol. The molecule has 1 heterocycles. The highest BCUT2D eigenvalue weighted by molar-refractivity contribution is 5.90. The summed E-state index contributed by atoms with van der Waals surface area (Å²) < 4.78 is 5.52. The fraction of sp³-hybridized carbons (Fsp3) is 0.267. The summed E-state index contributed by atoms with van der Waals surface area (Å²) in [5.41, 5.74) is 2.34. The molecule has 0 amide bonds. The van der Waals surface area contributed by atoms with Gasteiger partial charge in [0, 0.05) is 5.56 Å². The Hall–Kier alpha value is -2.03. The van der Waals surface area contributed by atoms with E-state index in [0.29, 0.717) is 17.4 Å². The number of carbonyl (C=O) groups is 1. The van der Waals surface area contributed by atoms with Crippen LogP contribution < -0.4 is 0 Å². The summed E-state index contributed by atoms with van der Waals surface area (Å²) in [4.78, 5) is 11.0. The Bertz CT molecular complexity index is 579. The predicted octanol–water partition coefficient (Wildman–Crippen LogP) is 4.08. The molecule has 0 saturated heterocycles. The quantitative estimate of drug-likeness (QED) is 0.885. The molecule has 1 aromatic heterocycles. The number of aromatic carboxylic acids is 1. The molecule has 0 spiro atoms. The Balaban J connectivity index is 2.45. The number of hydrogen-bond acceptors (Lipinski definition) is 2. The first-order valence-corrected chi connectivity index (χ1v) is 5.93. The molecule has 0 bridgehead atoms. The number of furan rings is 1. The maximum Gasteiger partial charge on any atom is 0.339 e. The molecule has 0 fully saturated rings. The van der Waals surface area contributed by atoms with Crippen molar-refractivity contribution in [3.63, 3.8) is 0 Å². The summed E-state index contributed by atoms with van der Waals surface area (Å²) in [7, 11) is 0. The Labute approximate surface area is 106 Å². The van der Waals surface area contributed by atoms with Crippen LogP contribution in [0.15, 0.2) is 34.7 Å². The summed E-state index contributed by atoms with van der Waals surface area (Å²) in [5.74, 6) is 0.516. The van der Waals surface area contributed by atoms with Gasteiger partial charge < -0.3 is 9.52 Å². The number of rotatable bonds is 3. The Morgan fingerprint density at radius 2 is 2.00 bits per heavy atom. The Kier molecular flexibility index (Phi) is 3.24. The van der Waals surface area contributed by atoms with Crippen LogP contribution in [-0.2, 0) is 0 Å². The van der Waals surface area contributed by atoms with Gasteiger partial charge in [-0.1, -0.05) is 32.0 Å². The van der Waals surface area contributed by atoms with Crippen molar-refractivity contribution >= 4 is 5.97 Å². The van der Waals surface area contributed by atoms with Gasteiger partial charge in [0.25, 0.3) is 0 Å². The largest absolute Gasteiger partial charge is 0.478 e. The number of carboxylic acid groups (broad SMARTS) is 1. The standard InChI is InChI=1S/C15H16O3/c1-9(2)11-5-4-6-12(7-11)14-8-13(15(16)17)10(3)18-14/h4-9H,1-3H3,(H,16,17). The van der Waals surface area contributed by atoms with Crippen molar-refractivity contribution in [1.29, 1.82) is 0 Å². The molecular formula is C15H16O3. The molecule has 18 heavy (non-hydrogen) atoms. The van der Waals surface area contributed by atoms with Crippen molar-refractivity contribution in [3.05, 3.63) is 47.2 Å². The van der Waals surface area contributed by atoms with E-state index in [-0.39, 0.29) is 5.56 Å². The zero-order valence-electron chi connectivity index (χ0n) is 10.7. The third-order valence-electron chi connectivity index (χ3n) is 2.99. The molecule has 0 saturated carbocycles. The van der Waals surface area contributed by atoms with Gasteiger partial charge in [0.2, 0.25) is 0 Å². The highest BCUT2D eigenvalue weighted by atomic mass is 16.4. The zero-order chi connectivity index (χ0) is 13.3. The van der Waals surface area contributed by atoms with Crippen molar-refractivity contribution in [3.8, 4) is 11.3 Å². The van der Waals surface area contributed by atoms with E-state index < -0.39 is 5.97 Å². The van der Waals surface area contributed by atoms with Crippen LogP contribution in [0.2, 0.25) is 0 Å². The summed E-state index contributed by atoms with van der Waals surface area (Å²) in [6.07, 6.45) is 0. The number of carboxylic acids is 1. The molecule has 2 rings (SSSR count). The van der Waals surface area contributed by atoms with Crippen LogP contribution in [-0.4, -0.2) is 11.1 Å². The molecule has 3 heteroatoms. The van der Waals surface area contributed by atoms with Crippen LogP contribution in [0.3, 0.4) is 0 Å². The molecule has 0 atom stereocenters. The first-order valence-electron chi connectivity index (χ1n) is 5.93. The van der Waals surface area contributed by atoms with E-state index in [0.717, 1.165) is 5.56 Å². The third kappa shape index (κ3) is 2.30. The topological polar surface area (TPSA) is 50.4 Å². The number of hydrogen-bond donors (Lipinski definition) is 1. The maximum atomic E-state index is 11.0. The van der Waals surface area contributed by atoms with Crippen LogP contribution in [0.1, 0.15) is 41.4 Å². The second-order valence-corrected chi connectivity index (χ2v) is 4.67. The van der Waals surface area contributed by atoms with E-state index in [1.54, 1.807) is 13.0 Å². The lowest BCUT2D eigenvalue weighted by Gasteiger charge is -2.06. The van der Waals surface area contributed by atoms with Gasteiger partial charge >= 0.3 is 5.97 Å². The summed E-state index contributed by atoms with van der Waals surface area (Å²) >= 11 is 0. The van der Waals surface area contributed by atoms with Gasteiger partial charge in [0.1, 0.15) is 17.1 Å². The van der Waals surface area contributed by atoms with Crippen LogP contribution in [0.4, 0.5) is 0 Å². The highest BCUT2D eigenvalue weighted by Crippen LogP contribution is 2.27. The van der Waals surface area contributed by atoms with E-state index in [1.165, 1.54) is 5.56 Å². The van der Waals surface area contributed by atoms with Crippen molar-refractivity contribution in [1.82, 2.24) is 0 Å². The lowest BCUT2D eigenvalue weighted by Crippen LogP contribution is -1.94. The summed E-state index contributed by atoms with van der Waals surface area (Å²) in [6.45, 7) is 5.91.